The van der Waals surface area contributed by atoms with Crippen molar-refractivity contribution in [3.63, 3.8) is 0 Å². The number of amides is 1. The van der Waals surface area contributed by atoms with Crippen LogP contribution in [0.4, 0.5) is 20.3 Å². The van der Waals surface area contributed by atoms with Crippen molar-refractivity contribution < 1.29 is 18.3 Å². The van der Waals surface area contributed by atoms with Crippen molar-refractivity contribution in [2.24, 2.45) is 0 Å². The fourth-order valence-corrected chi connectivity index (χ4v) is 4.34. The third-order valence-corrected chi connectivity index (χ3v) is 6.21. The lowest BCUT2D eigenvalue weighted by molar-refractivity contribution is 0.0960. The van der Waals surface area contributed by atoms with Crippen LogP contribution in [-0.4, -0.2) is 59.0 Å². The van der Waals surface area contributed by atoms with Crippen LogP contribution >= 0.6 is 0 Å². The summed E-state index contributed by atoms with van der Waals surface area (Å²) in [6.07, 6.45) is 1.19. The molecule has 1 saturated heterocycles. The van der Waals surface area contributed by atoms with E-state index >= 15 is 4.39 Å². The van der Waals surface area contributed by atoms with E-state index in [0.717, 1.165) is 38.8 Å². The summed E-state index contributed by atoms with van der Waals surface area (Å²) in [4.78, 5) is 26.2. The molecule has 11 heteroatoms. The van der Waals surface area contributed by atoms with E-state index in [1.807, 2.05) is 38.1 Å². The van der Waals surface area contributed by atoms with Crippen molar-refractivity contribution in [2.45, 2.75) is 27.3 Å². The van der Waals surface area contributed by atoms with Crippen LogP contribution in [0.15, 0.2) is 42.7 Å². The van der Waals surface area contributed by atoms with Gasteiger partial charge in [0.1, 0.15) is 11.9 Å². The van der Waals surface area contributed by atoms with Gasteiger partial charge in [-0.05, 0) is 30.7 Å². The summed E-state index contributed by atoms with van der Waals surface area (Å²) in [5.74, 6) is -2.44. The van der Waals surface area contributed by atoms with Gasteiger partial charge in [0.15, 0.2) is 23.2 Å². The minimum absolute atomic E-state index is 0.0410. The summed E-state index contributed by atoms with van der Waals surface area (Å²) in [6, 6.07) is 10.2. The van der Waals surface area contributed by atoms with Crippen LogP contribution in [0, 0.1) is 18.6 Å². The molecule has 0 radical (unpaired) electrons. The number of H-pyrrole nitrogens is 1. The number of halogens is 2. The lowest BCUT2D eigenvalue weighted by Crippen LogP contribution is -2.42. The van der Waals surface area contributed by atoms with Gasteiger partial charge in [0.2, 0.25) is 5.88 Å². The zero-order valence-corrected chi connectivity index (χ0v) is 22.5. The first-order valence-corrected chi connectivity index (χ1v) is 12.9. The molecule has 1 aliphatic heterocycles. The largest absolute Gasteiger partial charge is 0.435 e. The van der Waals surface area contributed by atoms with Crippen molar-refractivity contribution in [1.82, 2.24) is 30.5 Å². The Labute approximate surface area is 226 Å². The van der Waals surface area contributed by atoms with Crippen molar-refractivity contribution >= 4 is 28.3 Å². The van der Waals surface area contributed by atoms with E-state index in [9.17, 15) is 9.18 Å². The lowest BCUT2D eigenvalue weighted by Gasteiger charge is -2.27. The summed E-state index contributed by atoms with van der Waals surface area (Å²) < 4.78 is 35.4. The van der Waals surface area contributed by atoms with Crippen LogP contribution in [-0.2, 0) is 6.54 Å². The SMILES string of the molecule is CC.CNC(=O)c1c(Nc2ccc(CN3CCNCC3)cc2)ncnc1Oc1cc(F)c2[nH]c(C)cc2c1F. The first-order chi connectivity index (χ1) is 18.9. The number of hydrogen-bond acceptors (Lipinski definition) is 7. The number of nitrogens with one attached hydrogen (secondary N) is 4. The van der Waals surface area contributed by atoms with Gasteiger partial charge in [-0.15, -0.1) is 0 Å². The Balaban J connectivity index is 0.00000172. The second-order valence-electron chi connectivity index (χ2n) is 8.84. The van der Waals surface area contributed by atoms with Gasteiger partial charge in [-0.3, -0.25) is 9.69 Å². The Bertz CT molecular complexity index is 1430. The molecular weight excluding hydrogens is 504 g/mol. The first-order valence-electron chi connectivity index (χ1n) is 12.9. The van der Waals surface area contributed by atoms with E-state index in [-0.39, 0.29) is 28.2 Å². The van der Waals surface area contributed by atoms with Crippen molar-refractivity contribution in [3.8, 4) is 11.6 Å². The van der Waals surface area contributed by atoms with Gasteiger partial charge < -0.3 is 25.7 Å². The van der Waals surface area contributed by atoms with Crippen LogP contribution in [0.25, 0.3) is 10.9 Å². The molecule has 0 aliphatic carbocycles. The number of aromatic nitrogens is 3. The van der Waals surface area contributed by atoms with Gasteiger partial charge in [-0.1, -0.05) is 26.0 Å². The summed E-state index contributed by atoms with van der Waals surface area (Å²) in [6.45, 7) is 10.5. The smallest absolute Gasteiger partial charge is 0.260 e. The van der Waals surface area contributed by atoms with E-state index in [2.05, 4.69) is 35.8 Å². The molecule has 1 aliphatic rings. The summed E-state index contributed by atoms with van der Waals surface area (Å²) in [7, 11) is 1.45. The number of hydrogen-bond donors (Lipinski definition) is 4. The Morgan fingerprint density at radius 2 is 1.82 bits per heavy atom. The number of rotatable bonds is 7. The molecule has 39 heavy (non-hydrogen) atoms. The minimum Gasteiger partial charge on any atom is -0.435 e. The monoisotopic (exact) mass is 537 g/mol. The van der Waals surface area contributed by atoms with E-state index in [1.54, 1.807) is 6.92 Å². The maximum atomic E-state index is 15.1. The van der Waals surface area contributed by atoms with Gasteiger partial charge in [0.05, 0.1) is 5.52 Å². The number of nitrogens with zero attached hydrogens (tertiary/aromatic N) is 3. The predicted molar refractivity (Wildman–Crippen MR) is 148 cm³/mol. The maximum absolute atomic E-state index is 15.1. The molecule has 5 rings (SSSR count). The number of ether oxygens (including phenoxy) is 1. The number of carbonyl (C=O) groups is 1. The molecule has 1 fully saturated rings. The van der Waals surface area contributed by atoms with Gasteiger partial charge in [0, 0.05) is 62.6 Å². The fourth-order valence-electron chi connectivity index (χ4n) is 4.34. The standard InChI is InChI=1S/C26H27F2N7O2.C2H6/c1-15-11-18-22(28)20(12-19(27)23(18)33-15)37-26-21(25(36)29-2)24(31-14-32-26)34-17-5-3-16(4-6-17)13-35-9-7-30-8-10-35;1-2/h3-6,11-12,14,30,33H,7-10,13H2,1-2H3,(H,29,36)(H,31,32,34);1-2H3. The number of piperazine rings is 1. The Hall–Kier alpha value is -4.09. The average molecular weight is 538 g/mol. The van der Waals surface area contributed by atoms with Crippen LogP contribution in [0.1, 0.15) is 35.5 Å². The molecule has 0 atom stereocenters. The third kappa shape index (κ3) is 6.32. The van der Waals surface area contributed by atoms with Crippen LogP contribution in [0.5, 0.6) is 11.6 Å². The van der Waals surface area contributed by atoms with Gasteiger partial charge in [-0.25, -0.2) is 18.7 Å². The Morgan fingerprint density at radius 1 is 1.10 bits per heavy atom. The summed E-state index contributed by atoms with van der Waals surface area (Å²) >= 11 is 0. The molecule has 2 aromatic heterocycles. The molecule has 0 unspecified atom stereocenters. The highest BCUT2D eigenvalue weighted by Crippen LogP contribution is 2.34. The molecule has 0 bridgehead atoms. The molecule has 4 N–H and O–H groups in total. The molecular formula is C28H33F2N7O2. The van der Waals surface area contributed by atoms with E-state index < -0.39 is 23.3 Å². The summed E-state index contributed by atoms with van der Waals surface area (Å²) in [5.41, 5.74) is 2.46. The normalized spacial score (nSPS) is 13.5. The highest BCUT2D eigenvalue weighted by molar-refractivity contribution is 6.01. The molecule has 9 nitrogen and oxygen atoms in total. The average Bonchev–Trinajstić information content (AvgIpc) is 3.36. The van der Waals surface area contributed by atoms with E-state index in [0.29, 0.717) is 11.4 Å². The number of aromatic amines is 1. The maximum Gasteiger partial charge on any atom is 0.260 e. The van der Waals surface area contributed by atoms with Crippen LogP contribution in [0.2, 0.25) is 0 Å². The quantitative estimate of drug-likeness (QED) is 0.266. The number of benzene rings is 2. The van der Waals surface area contributed by atoms with Crippen molar-refractivity contribution in [1.29, 1.82) is 0 Å². The van der Waals surface area contributed by atoms with E-state index in [4.69, 9.17) is 4.74 Å². The molecule has 0 saturated carbocycles. The minimum atomic E-state index is -0.767. The Morgan fingerprint density at radius 3 is 2.51 bits per heavy atom. The topological polar surface area (TPSA) is 107 Å². The summed E-state index contributed by atoms with van der Waals surface area (Å²) in [5, 5.41) is 9.03. The Kier molecular flexibility index (Phi) is 9.05. The second kappa shape index (κ2) is 12.6. The van der Waals surface area contributed by atoms with Gasteiger partial charge in [0.25, 0.3) is 5.91 Å². The third-order valence-electron chi connectivity index (χ3n) is 6.21. The number of carbonyl (C=O) groups excluding carboxylic acids is 1. The molecule has 3 heterocycles. The lowest BCUT2D eigenvalue weighted by atomic mass is 10.1. The number of fused-ring (bicyclic) bond motifs is 1. The van der Waals surface area contributed by atoms with Crippen molar-refractivity contribution in [3.05, 3.63) is 71.2 Å². The van der Waals surface area contributed by atoms with Gasteiger partial charge >= 0.3 is 0 Å². The first kappa shape index (κ1) is 27.9. The fraction of sp³-hybridized carbons (Fsp3) is 0.321. The zero-order chi connectivity index (χ0) is 27.9. The molecule has 2 aromatic carbocycles. The molecule has 206 valence electrons. The highest BCUT2D eigenvalue weighted by atomic mass is 19.1. The second-order valence-corrected chi connectivity index (χ2v) is 8.84. The predicted octanol–water partition coefficient (Wildman–Crippen LogP) is 4.87. The number of anilines is 2. The van der Waals surface area contributed by atoms with Crippen LogP contribution in [0.3, 0.4) is 0 Å². The van der Waals surface area contributed by atoms with Gasteiger partial charge in [-0.2, -0.15) is 0 Å². The highest BCUT2D eigenvalue weighted by Gasteiger charge is 2.23. The van der Waals surface area contributed by atoms with Crippen molar-refractivity contribution in [2.75, 3.05) is 38.5 Å². The van der Waals surface area contributed by atoms with Crippen LogP contribution < -0.4 is 20.7 Å². The zero-order valence-electron chi connectivity index (χ0n) is 22.5. The molecule has 1 amide bonds. The molecule has 0 spiro atoms. The molecule has 4 aromatic rings. The van der Waals surface area contributed by atoms with E-state index in [1.165, 1.54) is 25.0 Å². The number of aryl methyl sites for hydroxylation is 1.